The van der Waals surface area contributed by atoms with E-state index >= 15 is 0 Å². The van der Waals surface area contributed by atoms with E-state index < -0.39 is 5.97 Å². The zero-order chi connectivity index (χ0) is 13.5. The van der Waals surface area contributed by atoms with E-state index in [0.29, 0.717) is 13.1 Å². The molecule has 0 aliphatic heterocycles. The molecule has 0 aliphatic rings. The van der Waals surface area contributed by atoms with Crippen LogP contribution in [0.1, 0.15) is 18.2 Å². The Bertz CT molecular complexity index is 422. The van der Waals surface area contributed by atoms with Crippen molar-refractivity contribution in [1.82, 2.24) is 10.6 Å². The van der Waals surface area contributed by atoms with E-state index in [2.05, 4.69) is 26.6 Å². The summed E-state index contributed by atoms with van der Waals surface area (Å²) in [6.07, 6.45) is 0.0523. The van der Waals surface area contributed by atoms with E-state index in [1.54, 1.807) is 18.3 Å². The third kappa shape index (κ3) is 5.50. The van der Waals surface area contributed by atoms with Crippen LogP contribution in [0.25, 0.3) is 0 Å². The van der Waals surface area contributed by atoms with Gasteiger partial charge in [-0.3, -0.25) is 4.79 Å². The Morgan fingerprint density at radius 1 is 1.50 bits per heavy atom. The van der Waals surface area contributed by atoms with Crippen LogP contribution in [0, 0.1) is 5.92 Å². The summed E-state index contributed by atoms with van der Waals surface area (Å²) in [5, 5.41) is 15.9. The number of rotatable bonds is 6. The highest BCUT2D eigenvalue weighted by molar-refractivity contribution is 9.10. The van der Waals surface area contributed by atoms with Crippen LogP contribution in [0.5, 0.6) is 0 Å². The number of thiophene rings is 1. The lowest BCUT2D eigenvalue weighted by Crippen LogP contribution is -2.37. The van der Waals surface area contributed by atoms with Gasteiger partial charge in [0.1, 0.15) is 0 Å². The number of carbonyl (C=O) groups is 2. The van der Waals surface area contributed by atoms with Crippen molar-refractivity contribution in [1.29, 1.82) is 0 Å². The number of hydrogen-bond acceptors (Lipinski definition) is 3. The highest BCUT2D eigenvalue weighted by Crippen LogP contribution is 2.21. The molecule has 0 radical (unpaired) electrons. The first-order valence-electron chi connectivity index (χ1n) is 5.44. The summed E-state index contributed by atoms with van der Waals surface area (Å²) < 4.78 is 0.979. The Hall–Kier alpha value is -1.08. The molecule has 5 nitrogen and oxygen atoms in total. The first-order valence-corrected chi connectivity index (χ1v) is 7.11. The Morgan fingerprint density at radius 3 is 2.78 bits per heavy atom. The lowest BCUT2D eigenvalue weighted by Gasteiger charge is -2.11. The standard InChI is InChI=1S/C11H15BrN2O3S/c1-7(4-10(15)16)5-13-11(17)14-6-9-8(12)2-3-18-9/h2-3,7H,4-6H2,1H3,(H,15,16)(H2,13,14,17). The number of carboxylic acids is 1. The minimum atomic E-state index is -0.854. The van der Waals surface area contributed by atoms with Crippen LogP contribution in [0.4, 0.5) is 4.79 Å². The molecule has 0 aromatic carbocycles. The van der Waals surface area contributed by atoms with Crippen molar-refractivity contribution < 1.29 is 14.7 Å². The highest BCUT2D eigenvalue weighted by atomic mass is 79.9. The molecule has 1 unspecified atom stereocenters. The average molecular weight is 335 g/mol. The van der Waals surface area contributed by atoms with E-state index in [-0.39, 0.29) is 18.4 Å². The van der Waals surface area contributed by atoms with Crippen LogP contribution in [0.3, 0.4) is 0 Å². The van der Waals surface area contributed by atoms with Gasteiger partial charge >= 0.3 is 12.0 Å². The Balaban J connectivity index is 2.22. The normalized spacial score (nSPS) is 11.9. The van der Waals surface area contributed by atoms with Crippen molar-refractivity contribution in [2.75, 3.05) is 6.54 Å². The summed E-state index contributed by atoms with van der Waals surface area (Å²) in [5.74, 6) is -0.936. The minimum Gasteiger partial charge on any atom is -0.481 e. The number of nitrogens with one attached hydrogen (secondary N) is 2. The third-order valence-electron chi connectivity index (χ3n) is 2.23. The summed E-state index contributed by atoms with van der Waals surface area (Å²) >= 11 is 4.94. The molecular weight excluding hydrogens is 320 g/mol. The number of carbonyl (C=O) groups excluding carboxylic acids is 1. The van der Waals surface area contributed by atoms with Gasteiger partial charge in [0.25, 0.3) is 0 Å². The quantitative estimate of drug-likeness (QED) is 0.747. The second-order valence-electron chi connectivity index (χ2n) is 3.96. The van der Waals surface area contributed by atoms with Crippen LogP contribution < -0.4 is 10.6 Å². The molecular formula is C11H15BrN2O3S. The van der Waals surface area contributed by atoms with E-state index in [9.17, 15) is 9.59 Å². The number of hydrogen-bond donors (Lipinski definition) is 3. The largest absolute Gasteiger partial charge is 0.481 e. The van der Waals surface area contributed by atoms with E-state index in [1.807, 2.05) is 11.4 Å². The fourth-order valence-corrected chi connectivity index (χ4v) is 2.74. The second-order valence-corrected chi connectivity index (χ2v) is 5.81. The van der Waals surface area contributed by atoms with Gasteiger partial charge < -0.3 is 15.7 Å². The van der Waals surface area contributed by atoms with Gasteiger partial charge in [0, 0.05) is 22.3 Å². The molecule has 1 rings (SSSR count). The summed E-state index contributed by atoms with van der Waals surface area (Å²) in [4.78, 5) is 22.9. The van der Waals surface area contributed by atoms with Crippen molar-refractivity contribution in [2.24, 2.45) is 5.92 Å². The average Bonchev–Trinajstić information content (AvgIpc) is 2.68. The van der Waals surface area contributed by atoms with Gasteiger partial charge in [0.15, 0.2) is 0 Å². The van der Waals surface area contributed by atoms with Crippen LogP contribution in [-0.2, 0) is 11.3 Å². The Labute approximate surface area is 118 Å². The number of urea groups is 1. The molecule has 100 valence electrons. The fraction of sp³-hybridized carbons (Fsp3) is 0.455. The highest BCUT2D eigenvalue weighted by Gasteiger charge is 2.09. The molecule has 1 heterocycles. The molecule has 0 fully saturated rings. The molecule has 1 atom stereocenters. The second kappa shape index (κ2) is 7.38. The topological polar surface area (TPSA) is 78.4 Å². The monoisotopic (exact) mass is 334 g/mol. The first-order chi connectivity index (χ1) is 8.49. The molecule has 1 aromatic heterocycles. The zero-order valence-corrected chi connectivity index (χ0v) is 12.3. The van der Waals surface area contributed by atoms with Gasteiger partial charge in [0.05, 0.1) is 6.54 Å². The van der Waals surface area contributed by atoms with Crippen LogP contribution >= 0.6 is 27.3 Å². The lowest BCUT2D eigenvalue weighted by atomic mass is 10.1. The number of amides is 2. The molecule has 0 saturated carbocycles. The lowest BCUT2D eigenvalue weighted by molar-refractivity contribution is -0.137. The SMILES string of the molecule is CC(CNC(=O)NCc1sccc1Br)CC(=O)O. The molecule has 3 N–H and O–H groups in total. The van der Waals surface area contributed by atoms with Crippen LogP contribution in [-0.4, -0.2) is 23.7 Å². The number of aliphatic carboxylic acids is 1. The minimum absolute atomic E-state index is 0.0523. The van der Waals surface area contributed by atoms with Crippen molar-refractivity contribution in [3.05, 3.63) is 20.8 Å². The first kappa shape index (κ1) is 15.0. The Kier molecular flexibility index (Phi) is 6.14. The Morgan fingerprint density at radius 2 is 2.22 bits per heavy atom. The maximum Gasteiger partial charge on any atom is 0.315 e. The predicted molar refractivity (Wildman–Crippen MR) is 73.7 cm³/mol. The van der Waals surface area contributed by atoms with E-state index in [1.165, 1.54) is 0 Å². The van der Waals surface area contributed by atoms with Gasteiger partial charge in [-0.15, -0.1) is 11.3 Å². The van der Waals surface area contributed by atoms with Gasteiger partial charge in [-0.1, -0.05) is 6.92 Å². The molecule has 0 aliphatic carbocycles. The van der Waals surface area contributed by atoms with E-state index in [4.69, 9.17) is 5.11 Å². The third-order valence-corrected chi connectivity index (χ3v) is 4.16. The smallest absolute Gasteiger partial charge is 0.315 e. The summed E-state index contributed by atoms with van der Waals surface area (Å²) in [5.41, 5.74) is 0. The van der Waals surface area contributed by atoms with Crippen molar-refractivity contribution in [3.63, 3.8) is 0 Å². The molecule has 2 amide bonds. The molecule has 1 aromatic rings. The van der Waals surface area contributed by atoms with Crippen molar-refractivity contribution >= 4 is 39.3 Å². The van der Waals surface area contributed by atoms with Gasteiger partial charge in [0.2, 0.25) is 0 Å². The van der Waals surface area contributed by atoms with Gasteiger partial charge in [-0.25, -0.2) is 4.79 Å². The summed E-state index contributed by atoms with van der Waals surface area (Å²) in [6.45, 7) is 2.59. The molecule has 18 heavy (non-hydrogen) atoms. The van der Waals surface area contributed by atoms with Crippen molar-refractivity contribution in [3.8, 4) is 0 Å². The van der Waals surface area contributed by atoms with E-state index in [0.717, 1.165) is 9.35 Å². The number of halogens is 1. The van der Waals surface area contributed by atoms with Crippen molar-refractivity contribution in [2.45, 2.75) is 19.9 Å². The summed E-state index contributed by atoms with van der Waals surface area (Å²) in [7, 11) is 0. The molecule has 7 heteroatoms. The van der Waals surface area contributed by atoms with Gasteiger partial charge in [-0.05, 0) is 33.3 Å². The van der Waals surface area contributed by atoms with Crippen LogP contribution in [0.15, 0.2) is 15.9 Å². The molecule has 0 saturated heterocycles. The maximum absolute atomic E-state index is 11.5. The zero-order valence-electron chi connectivity index (χ0n) is 9.90. The predicted octanol–water partition coefficient (Wildman–Crippen LogP) is 2.42. The maximum atomic E-state index is 11.5. The summed E-state index contributed by atoms with van der Waals surface area (Å²) in [6, 6.07) is 1.64. The van der Waals surface area contributed by atoms with Gasteiger partial charge in [-0.2, -0.15) is 0 Å². The number of carboxylic acid groups (broad SMARTS) is 1. The van der Waals surface area contributed by atoms with Crippen LogP contribution in [0.2, 0.25) is 0 Å². The molecule has 0 spiro atoms. The fourth-order valence-electron chi connectivity index (χ4n) is 1.31. The molecule has 0 bridgehead atoms.